The van der Waals surface area contributed by atoms with Gasteiger partial charge in [-0.05, 0) is 12.5 Å². The van der Waals surface area contributed by atoms with Gasteiger partial charge >= 0.3 is 6.18 Å². The van der Waals surface area contributed by atoms with Crippen molar-refractivity contribution in [3.05, 3.63) is 29.8 Å². The fourth-order valence-corrected chi connectivity index (χ4v) is 3.01. The Morgan fingerprint density at radius 1 is 1.28 bits per heavy atom. The van der Waals surface area contributed by atoms with Crippen LogP contribution in [0.1, 0.15) is 12.0 Å². The van der Waals surface area contributed by atoms with Gasteiger partial charge in [0.25, 0.3) is 0 Å². The molecule has 0 saturated carbocycles. The van der Waals surface area contributed by atoms with Crippen LogP contribution in [0.4, 0.5) is 13.2 Å². The van der Waals surface area contributed by atoms with E-state index in [0.717, 1.165) is 19.5 Å². The maximum atomic E-state index is 12.4. The highest BCUT2D eigenvalue weighted by Crippen LogP contribution is 2.22. The molecule has 0 amide bonds. The van der Waals surface area contributed by atoms with Crippen LogP contribution in [-0.2, 0) is 16.0 Å². The van der Waals surface area contributed by atoms with Gasteiger partial charge in [0, 0.05) is 45.3 Å². The van der Waals surface area contributed by atoms with Crippen LogP contribution in [-0.4, -0.2) is 70.7 Å². The van der Waals surface area contributed by atoms with E-state index < -0.39 is 12.8 Å². The summed E-state index contributed by atoms with van der Waals surface area (Å²) in [6.07, 6.45) is -3.37. The summed E-state index contributed by atoms with van der Waals surface area (Å²) in [6, 6.07) is 6.69. The molecule has 1 N–H and O–H groups in total. The molecular weight excluding hydrogens is 502 g/mol. The number of methoxy groups -OCH3 is 1. The number of ether oxygens (including phenoxy) is 3. The van der Waals surface area contributed by atoms with Crippen molar-refractivity contribution < 1.29 is 27.4 Å². The number of para-hydroxylation sites is 1. The molecule has 1 heterocycles. The van der Waals surface area contributed by atoms with E-state index in [-0.39, 0.29) is 29.7 Å². The Hall–Kier alpha value is -1.27. The van der Waals surface area contributed by atoms with Crippen LogP contribution in [0.3, 0.4) is 0 Å². The number of halogens is 4. The number of nitrogens with zero attached hydrogens (tertiary/aromatic N) is 2. The van der Waals surface area contributed by atoms with Crippen LogP contribution in [0.25, 0.3) is 0 Å². The minimum Gasteiger partial charge on any atom is -0.484 e. The van der Waals surface area contributed by atoms with Crippen LogP contribution >= 0.6 is 24.0 Å². The lowest BCUT2D eigenvalue weighted by Gasteiger charge is -2.22. The number of alkyl halides is 3. The number of nitrogens with one attached hydrogen (secondary N) is 1. The Balaban J connectivity index is 0.00000420. The molecular formula is C19H29F3IN3O3. The third-order valence-electron chi connectivity index (χ3n) is 4.38. The van der Waals surface area contributed by atoms with Crippen molar-refractivity contribution >= 4 is 29.9 Å². The second-order valence-corrected chi connectivity index (χ2v) is 6.58. The van der Waals surface area contributed by atoms with Crippen molar-refractivity contribution in [2.24, 2.45) is 10.9 Å². The topological polar surface area (TPSA) is 55.3 Å². The fraction of sp³-hybridized carbons (Fsp3) is 0.632. The second-order valence-electron chi connectivity index (χ2n) is 6.58. The average molecular weight is 531 g/mol. The summed E-state index contributed by atoms with van der Waals surface area (Å²) in [5.41, 5.74) is 0.645. The van der Waals surface area contributed by atoms with Crippen molar-refractivity contribution in [1.82, 2.24) is 10.2 Å². The lowest BCUT2D eigenvalue weighted by Crippen LogP contribution is -2.40. The van der Waals surface area contributed by atoms with E-state index in [2.05, 4.69) is 15.2 Å². The zero-order valence-corrected chi connectivity index (χ0v) is 19.0. The van der Waals surface area contributed by atoms with Gasteiger partial charge in [0.15, 0.2) is 12.6 Å². The molecule has 29 heavy (non-hydrogen) atoms. The largest absolute Gasteiger partial charge is 0.484 e. The molecule has 10 heteroatoms. The molecule has 0 bridgehead atoms. The molecule has 1 aliphatic rings. The Morgan fingerprint density at radius 2 is 2.03 bits per heavy atom. The third kappa shape index (κ3) is 9.39. The molecule has 0 aromatic heterocycles. The Morgan fingerprint density at radius 3 is 2.72 bits per heavy atom. The summed E-state index contributed by atoms with van der Waals surface area (Å²) in [5.74, 6) is 1.34. The summed E-state index contributed by atoms with van der Waals surface area (Å²) in [5, 5.41) is 3.22. The Labute approximate surface area is 186 Å². The predicted molar refractivity (Wildman–Crippen MR) is 116 cm³/mol. The van der Waals surface area contributed by atoms with Gasteiger partial charge in [0.05, 0.1) is 19.8 Å². The molecule has 1 fully saturated rings. The molecule has 0 aliphatic carbocycles. The van der Waals surface area contributed by atoms with E-state index >= 15 is 0 Å². The number of hydrogen-bond acceptors (Lipinski definition) is 4. The molecule has 0 radical (unpaired) electrons. The first-order chi connectivity index (χ1) is 13.4. The molecule has 1 unspecified atom stereocenters. The number of aliphatic imine (C=N–C) groups is 1. The number of benzene rings is 1. The molecule has 1 aliphatic heterocycles. The monoisotopic (exact) mass is 531 g/mol. The first-order valence-electron chi connectivity index (χ1n) is 9.22. The quantitative estimate of drug-likeness (QED) is 0.230. The van der Waals surface area contributed by atoms with Crippen LogP contribution in [0.2, 0.25) is 0 Å². The number of hydrogen-bond donors (Lipinski definition) is 1. The van der Waals surface area contributed by atoms with E-state index in [0.29, 0.717) is 43.8 Å². The summed E-state index contributed by atoms with van der Waals surface area (Å²) < 4.78 is 52.8. The number of likely N-dealkylation sites (tertiary alicyclic amines) is 1. The lowest BCUT2D eigenvalue weighted by molar-refractivity contribution is -0.153. The fourth-order valence-electron chi connectivity index (χ4n) is 3.01. The van der Waals surface area contributed by atoms with Gasteiger partial charge < -0.3 is 24.4 Å². The zero-order valence-electron chi connectivity index (χ0n) is 16.7. The summed E-state index contributed by atoms with van der Waals surface area (Å²) in [4.78, 5) is 6.42. The first kappa shape index (κ1) is 25.8. The number of rotatable bonds is 9. The van der Waals surface area contributed by atoms with E-state index in [9.17, 15) is 13.2 Å². The average Bonchev–Trinajstić information content (AvgIpc) is 3.13. The molecule has 1 aromatic carbocycles. The highest BCUT2D eigenvalue weighted by atomic mass is 127. The van der Waals surface area contributed by atoms with Crippen molar-refractivity contribution in [1.29, 1.82) is 0 Å². The zero-order chi connectivity index (χ0) is 20.4. The molecule has 1 aromatic rings. The number of guanidine groups is 1. The van der Waals surface area contributed by atoms with Crippen molar-refractivity contribution in [2.75, 3.05) is 53.7 Å². The van der Waals surface area contributed by atoms with Gasteiger partial charge in [-0.2, -0.15) is 13.2 Å². The minimum atomic E-state index is -4.37. The maximum absolute atomic E-state index is 12.4. The molecule has 6 nitrogen and oxygen atoms in total. The standard InChI is InChI=1S/C19H28F3N3O3.HI/c1-23-18(25-8-7-15(12-25)13-27-10-9-26-2)24-11-16-5-3-4-6-17(16)28-14-19(20,21)22;/h3-6,15H,7-14H2,1-2H3,(H,23,24);1H. The van der Waals surface area contributed by atoms with Gasteiger partial charge in [-0.1, -0.05) is 18.2 Å². The highest BCUT2D eigenvalue weighted by Gasteiger charge is 2.29. The van der Waals surface area contributed by atoms with Crippen LogP contribution in [0, 0.1) is 5.92 Å². The predicted octanol–water partition coefficient (Wildman–Crippen LogP) is 3.31. The van der Waals surface area contributed by atoms with Gasteiger partial charge in [0.1, 0.15) is 5.75 Å². The van der Waals surface area contributed by atoms with Crippen LogP contribution in [0.15, 0.2) is 29.3 Å². The lowest BCUT2D eigenvalue weighted by atomic mass is 10.1. The SMILES string of the molecule is CN=C(NCc1ccccc1OCC(F)(F)F)N1CCC(COCCOC)C1.I. The first-order valence-corrected chi connectivity index (χ1v) is 9.22. The van der Waals surface area contributed by atoms with Gasteiger partial charge in [-0.25, -0.2) is 0 Å². The highest BCUT2D eigenvalue weighted by molar-refractivity contribution is 14.0. The van der Waals surface area contributed by atoms with E-state index in [1.165, 1.54) is 6.07 Å². The molecule has 2 rings (SSSR count). The molecule has 1 atom stereocenters. The van der Waals surface area contributed by atoms with Crippen LogP contribution in [0.5, 0.6) is 5.75 Å². The van der Waals surface area contributed by atoms with Crippen LogP contribution < -0.4 is 10.1 Å². The maximum Gasteiger partial charge on any atom is 0.422 e. The minimum absolute atomic E-state index is 0. The molecule has 166 valence electrons. The molecule has 0 spiro atoms. The van der Waals surface area contributed by atoms with E-state index in [1.54, 1.807) is 32.4 Å². The Bertz CT molecular complexity index is 632. The summed E-state index contributed by atoms with van der Waals surface area (Å²) >= 11 is 0. The van der Waals surface area contributed by atoms with Crippen molar-refractivity contribution in [3.63, 3.8) is 0 Å². The second kappa shape index (κ2) is 13.1. The smallest absolute Gasteiger partial charge is 0.422 e. The van der Waals surface area contributed by atoms with E-state index in [1.807, 2.05) is 0 Å². The summed E-state index contributed by atoms with van der Waals surface area (Å²) in [7, 11) is 3.33. The van der Waals surface area contributed by atoms with Gasteiger partial charge in [-0.15, -0.1) is 24.0 Å². The summed E-state index contributed by atoms with van der Waals surface area (Å²) in [6.45, 7) is 2.51. The van der Waals surface area contributed by atoms with Crippen molar-refractivity contribution in [3.8, 4) is 5.75 Å². The normalized spacial score (nSPS) is 17.2. The van der Waals surface area contributed by atoms with Gasteiger partial charge in [-0.3, -0.25) is 4.99 Å². The Kier molecular flexibility index (Phi) is 11.7. The molecule has 1 saturated heterocycles. The third-order valence-corrected chi connectivity index (χ3v) is 4.38. The van der Waals surface area contributed by atoms with Crippen molar-refractivity contribution in [2.45, 2.75) is 19.1 Å². The van der Waals surface area contributed by atoms with E-state index in [4.69, 9.17) is 14.2 Å². The van der Waals surface area contributed by atoms with Gasteiger partial charge in [0.2, 0.25) is 0 Å².